The Bertz CT molecular complexity index is 1420. The lowest BCUT2D eigenvalue weighted by Gasteiger charge is -2.12. The first kappa shape index (κ1) is 20.4. The fraction of sp³-hybridized carbons (Fsp3) is 0.120. The Labute approximate surface area is 191 Å². The van der Waals surface area contributed by atoms with E-state index in [-0.39, 0.29) is 0 Å². The quantitative estimate of drug-likeness (QED) is 0.304. The van der Waals surface area contributed by atoms with Crippen molar-refractivity contribution in [3.8, 4) is 0 Å². The molecule has 8 nitrogen and oxygen atoms in total. The van der Waals surface area contributed by atoms with Crippen molar-refractivity contribution < 1.29 is 0 Å². The van der Waals surface area contributed by atoms with E-state index in [4.69, 9.17) is 11.5 Å². The van der Waals surface area contributed by atoms with Gasteiger partial charge in [0.1, 0.15) is 5.82 Å². The highest BCUT2D eigenvalue weighted by Crippen LogP contribution is 2.28. The first-order valence-electron chi connectivity index (χ1n) is 10.6. The van der Waals surface area contributed by atoms with Crippen LogP contribution in [-0.2, 0) is 0 Å². The molecule has 0 aliphatic rings. The second-order valence-corrected chi connectivity index (χ2v) is 8.14. The van der Waals surface area contributed by atoms with Crippen LogP contribution < -0.4 is 22.1 Å². The molecule has 0 bridgehead atoms. The first-order valence-corrected chi connectivity index (χ1v) is 10.6. The van der Waals surface area contributed by atoms with E-state index in [1.54, 1.807) is 0 Å². The summed E-state index contributed by atoms with van der Waals surface area (Å²) in [5.41, 5.74) is 19.8. The minimum Gasteiger partial charge on any atom is -0.398 e. The fourth-order valence-electron chi connectivity index (χ4n) is 3.90. The maximum absolute atomic E-state index is 6.20. The Morgan fingerprint density at radius 1 is 0.576 bits per heavy atom. The smallest absolute Gasteiger partial charge is 0.229 e. The molecule has 164 valence electrons. The van der Waals surface area contributed by atoms with Crippen LogP contribution in [-0.4, -0.2) is 19.9 Å². The van der Waals surface area contributed by atoms with Gasteiger partial charge in [-0.15, -0.1) is 0 Å². The van der Waals surface area contributed by atoms with Crippen molar-refractivity contribution in [1.82, 2.24) is 19.9 Å². The molecule has 33 heavy (non-hydrogen) atoms. The SMILES string of the molecule is Cc1cc(Nc2ccc3nc(C)cc(N)c3c2)nc(Nc2ccc3nc(C)cc(N)c3c2)n1. The largest absolute Gasteiger partial charge is 0.398 e. The van der Waals surface area contributed by atoms with Gasteiger partial charge in [-0.1, -0.05) is 0 Å². The van der Waals surface area contributed by atoms with E-state index in [0.717, 1.165) is 50.3 Å². The molecule has 0 amide bonds. The maximum Gasteiger partial charge on any atom is 0.229 e. The second-order valence-electron chi connectivity index (χ2n) is 8.14. The van der Waals surface area contributed by atoms with Crippen LogP contribution in [0.4, 0.5) is 34.5 Å². The standard InChI is InChI=1S/C25H24N8/c1-13-8-20(26)18-11-16(4-6-22(18)28-13)31-24-10-15(3)30-25(33-24)32-17-5-7-23-19(12-17)21(27)9-14(2)29-23/h4-12H,1-3H3,(H2,26,28)(H2,27,29)(H2,30,31,32,33). The van der Waals surface area contributed by atoms with Gasteiger partial charge in [0.05, 0.1) is 11.0 Å². The van der Waals surface area contributed by atoms with E-state index >= 15 is 0 Å². The van der Waals surface area contributed by atoms with E-state index < -0.39 is 0 Å². The van der Waals surface area contributed by atoms with Crippen LogP contribution in [0.15, 0.2) is 54.6 Å². The number of nitrogens with zero attached hydrogens (tertiary/aromatic N) is 4. The highest BCUT2D eigenvalue weighted by Gasteiger charge is 2.08. The van der Waals surface area contributed by atoms with Gasteiger partial charge in [0.25, 0.3) is 0 Å². The summed E-state index contributed by atoms with van der Waals surface area (Å²) in [6.45, 7) is 5.79. The van der Waals surface area contributed by atoms with Gasteiger partial charge in [0.2, 0.25) is 5.95 Å². The lowest BCUT2D eigenvalue weighted by molar-refractivity contribution is 1.11. The summed E-state index contributed by atoms with van der Waals surface area (Å²) in [4.78, 5) is 18.2. The summed E-state index contributed by atoms with van der Waals surface area (Å²) in [7, 11) is 0. The normalized spacial score (nSPS) is 11.1. The molecule has 0 atom stereocenters. The van der Waals surface area contributed by atoms with E-state index in [2.05, 4.69) is 30.6 Å². The van der Waals surface area contributed by atoms with Crippen LogP contribution in [0.1, 0.15) is 17.1 Å². The highest BCUT2D eigenvalue weighted by molar-refractivity contribution is 5.94. The Morgan fingerprint density at radius 3 is 1.67 bits per heavy atom. The van der Waals surface area contributed by atoms with Gasteiger partial charge in [-0.2, -0.15) is 4.98 Å². The second kappa shape index (κ2) is 7.90. The molecule has 0 saturated heterocycles. The van der Waals surface area contributed by atoms with Crippen LogP contribution in [0.3, 0.4) is 0 Å². The van der Waals surface area contributed by atoms with Crippen molar-refractivity contribution in [2.75, 3.05) is 22.1 Å². The third kappa shape index (κ3) is 4.18. The van der Waals surface area contributed by atoms with Crippen molar-refractivity contribution >= 4 is 56.3 Å². The number of hydrogen-bond donors (Lipinski definition) is 4. The Morgan fingerprint density at radius 2 is 1.09 bits per heavy atom. The predicted octanol–water partition coefficient (Wildman–Crippen LogP) is 5.15. The van der Waals surface area contributed by atoms with Crippen molar-refractivity contribution in [1.29, 1.82) is 0 Å². The van der Waals surface area contributed by atoms with Crippen molar-refractivity contribution in [2.45, 2.75) is 20.8 Å². The molecule has 0 radical (unpaired) electrons. The Kier molecular flexibility index (Phi) is 4.90. The van der Waals surface area contributed by atoms with Gasteiger partial charge in [0.15, 0.2) is 0 Å². The summed E-state index contributed by atoms with van der Waals surface area (Å²) < 4.78 is 0. The zero-order chi connectivity index (χ0) is 23.1. The minimum atomic E-state index is 0.480. The summed E-state index contributed by atoms with van der Waals surface area (Å²) in [6.07, 6.45) is 0. The summed E-state index contributed by atoms with van der Waals surface area (Å²) in [6, 6.07) is 17.3. The number of nitrogens with one attached hydrogen (secondary N) is 2. The Hall–Kier alpha value is -4.46. The topological polar surface area (TPSA) is 128 Å². The molecule has 6 N–H and O–H groups in total. The molecular weight excluding hydrogens is 412 g/mol. The van der Waals surface area contributed by atoms with Gasteiger partial charge >= 0.3 is 0 Å². The van der Waals surface area contributed by atoms with Crippen LogP contribution in [0.25, 0.3) is 21.8 Å². The number of rotatable bonds is 4. The van der Waals surface area contributed by atoms with Crippen molar-refractivity contribution in [2.24, 2.45) is 0 Å². The molecule has 3 aromatic heterocycles. The molecule has 0 unspecified atom stereocenters. The van der Waals surface area contributed by atoms with Gasteiger partial charge in [-0.3, -0.25) is 9.97 Å². The maximum atomic E-state index is 6.20. The number of pyridine rings is 2. The molecule has 0 fully saturated rings. The lowest BCUT2D eigenvalue weighted by Crippen LogP contribution is -2.03. The number of aryl methyl sites for hydroxylation is 3. The molecule has 5 aromatic rings. The number of benzene rings is 2. The fourth-order valence-corrected chi connectivity index (χ4v) is 3.90. The number of nitrogens with two attached hydrogens (primary N) is 2. The predicted molar refractivity (Wildman–Crippen MR) is 135 cm³/mol. The lowest BCUT2D eigenvalue weighted by atomic mass is 10.1. The van der Waals surface area contributed by atoms with Gasteiger partial charge in [-0.05, 0) is 69.3 Å². The highest BCUT2D eigenvalue weighted by atomic mass is 15.1. The number of hydrogen-bond acceptors (Lipinski definition) is 8. The van der Waals surface area contributed by atoms with Gasteiger partial charge in [-0.25, -0.2) is 4.98 Å². The third-order valence-corrected chi connectivity index (χ3v) is 5.32. The number of aromatic nitrogens is 4. The van der Waals surface area contributed by atoms with Crippen LogP contribution >= 0.6 is 0 Å². The molecule has 2 aromatic carbocycles. The summed E-state index contributed by atoms with van der Waals surface area (Å²) in [5, 5.41) is 8.40. The monoisotopic (exact) mass is 436 g/mol. The zero-order valence-electron chi connectivity index (χ0n) is 18.6. The number of fused-ring (bicyclic) bond motifs is 2. The minimum absolute atomic E-state index is 0.480. The molecule has 0 spiro atoms. The van der Waals surface area contributed by atoms with Crippen LogP contribution in [0.5, 0.6) is 0 Å². The summed E-state index contributed by atoms with van der Waals surface area (Å²) in [5.74, 6) is 1.15. The average molecular weight is 437 g/mol. The molecular formula is C25H24N8. The van der Waals surface area contributed by atoms with Crippen molar-refractivity contribution in [3.63, 3.8) is 0 Å². The Balaban J connectivity index is 1.44. The van der Waals surface area contributed by atoms with Crippen molar-refractivity contribution in [3.05, 3.63) is 71.7 Å². The first-order chi connectivity index (χ1) is 15.8. The zero-order valence-corrected chi connectivity index (χ0v) is 18.6. The van der Waals surface area contributed by atoms with E-state index in [9.17, 15) is 0 Å². The number of nitrogen functional groups attached to an aromatic ring is 2. The van der Waals surface area contributed by atoms with E-state index in [1.807, 2.05) is 75.4 Å². The molecule has 0 aliphatic carbocycles. The van der Waals surface area contributed by atoms with Gasteiger partial charge in [0, 0.05) is 56.7 Å². The third-order valence-electron chi connectivity index (χ3n) is 5.32. The van der Waals surface area contributed by atoms with E-state index in [1.165, 1.54) is 0 Å². The van der Waals surface area contributed by atoms with Crippen LogP contribution in [0, 0.1) is 20.8 Å². The number of anilines is 6. The molecule has 0 saturated carbocycles. The molecule has 3 heterocycles. The molecule has 8 heteroatoms. The molecule has 5 rings (SSSR count). The van der Waals surface area contributed by atoms with E-state index in [0.29, 0.717) is 23.1 Å². The van der Waals surface area contributed by atoms with Crippen LogP contribution in [0.2, 0.25) is 0 Å². The molecule has 0 aliphatic heterocycles. The average Bonchev–Trinajstić information content (AvgIpc) is 2.74. The summed E-state index contributed by atoms with van der Waals surface area (Å²) >= 11 is 0. The van der Waals surface area contributed by atoms with Gasteiger partial charge < -0.3 is 22.1 Å².